The van der Waals surface area contributed by atoms with Crippen LogP contribution in [-0.2, 0) is 11.2 Å². The summed E-state index contributed by atoms with van der Waals surface area (Å²) in [5.74, 6) is 0.701. The highest BCUT2D eigenvalue weighted by Crippen LogP contribution is 2.24. The van der Waals surface area contributed by atoms with E-state index in [9.17, 15) is 4.79 Å². The molecule has 0 bridgehead atoms. The monoisotopic (exact) mass is 402 g/mol. The van der Waals surface area contributed by atoms with E-state index in [-0.39, 0.29) is 36.8 Å². The van der Waals surface area contributed by atoms with Gasteiger partial charge in [-0.25, -0.2) is 4.98 Å². The third-order valence-corrected chi connectivity index (χ3v) is 5.37. The molecule has 0 spiro atoms. The number of pyridine rings is 1. The largest absolute Gasteiger partial charge is 0.342 e. The molecule has 1 aliphatic rings. The minimum absolute atomic E-state index is 0. The Morgan fingerprint density at radius 3 is 2.72 bits per heavy atom. The maximum atomic E-state index is 12.4. The smallest absolute Gasteiger partial charge is 0.228 e. The van der Waals surface area contributed by atoms with Crippen molar-refractivity contribution in [1.29, 1.82) is 0 Å². The zero-order chi connectivity index (χ0) is 16.2. The van der Waals surface area contributed by atoms with Gasteiger partial charge in [0, 0.05) is 42.5 Å². The Morgan fingerprint density at radius 2 is 2.12 bits per heavy atom. The molecule has 2 N–H and O–H groups in total. The highest BCUT2D eigenvalue weighted by molar-refractivity contribution is 7.13. The molecular weight excluding hydrogens is 379 g/mol. The molecule has 1 aliphatic heterocycles. The number of hydrogen-bond acceptors (Lipinski definition) is 5. The molecule has 2 aromatic rings. The molecule has 8 heteroatoms. The first-order valence-electron chi connectivity index (χ1n) is 8.01. The van der Waals surface area contributed by atoms with Crippen molar-refractivity contribution in [2.24, 2.45) is 11.7 Å². The van der Waals surface area contributed by atoms with Gasteiger partial charge in [-0.2, -0.15) is 0 Å². The molecule has 3 rings (SSSR count). The van der Waals surface area contributed by atoms with Crippen LogP contribution < -0.4 is 5.73 Å². The molecule has 0 radical (unpaired) electrons. The van der Waals surface area contributed by atoms with E-state index in [0.717, 1.165) is 42.2 Å². The van der Waals surface area contributed by atoms with Crippen LogP contribution in [0, 0.1) is 5.92 Å². The fourth-order valence-corrected chi connectivity index (χ4v) is 3.76. The lowest BCUT2D eigenvalue weighted by Crippen LogP contribution is -2.43. The number of halogens is 2. The third kappa shape index (κ3) is 5.64. The second-order valence-corrected chi connectivity index (χ2v) is 7.00. The summed E-state index contributed by atoms with van der Waals surface area (Å²) in [4.78, 5) is 23.1. The number of amides is 1. The first-order chi connectivity index (χ1) is 11.1. The molecule has 1 unspecified atom stereocenters. The molecule has 1 atom stereocenters. The van der Waals surface area contributed by atoms with Crippen molar-refractivity contribution in [2.75, 3.05) is 13.1 Å². The van der Waals surface area contributed by atoms with Crippen LogP contribution in [0.1, 0.15) is 25.5 Å². The lowest BCUT2D eigenvalue weighted by atomic mass is 9.91. The predicted octanol–water partition coefficient (Wildman–Crippen LogP) is 3.18. The van der Waals surface area contributed by atoms with Crippen LogP contribution in [0.25, 0.3) is 10.6 Å². The van der Waals surface area contributed by atoms with Crippen molar-refractivity contribution in [3.05, 3.63) is 35.6 Å². The van der Waals surface area contributed by atoms with Crippen molar-refractivity contribution in [3.8, 4) is 10.6 Å². The zero-order valence-corrected chi connectivity index (χ0v) is 16.6. The molecule has 5 nitrogen and oxygen atoms in total. The van der Waals surface area contributed by atoms with Gasteiger partial charge in [0.25, 0.3) is 0 Å². The van der Waals surface area contributed by atoms with Crippen LogP contribution in [-0.4, -0.2) is 39.9 Å². The Morgan fingerprint density at radius 1 is 1.40 bits per heavy atom. The fourth-order valence-electron chi connectivity index (χ4n) is 2.95. The number of piperidine rings is 1. The van der Waals surface area contributed by atoms with Crippen molar-refractivity contribution in [1.82, 2.24) is 14.9 Å². The van der Waals surface area contributed by atoms with E-state index in [1.165, 1.54) is 0 Å². The summed E-state index contributed by atoms with van der Waals surface area (Å²) in [5.41, 5.74) is 7.79. The number of thiazole rings is 1. The van der Waals surface area contributed by atoms with Gasteiger partial charge in [0.05, 0.1) is 12.1 Å². The first-order valence-corrected chi connectivity index (χ1v) is 8.89. The van der Waals surface area contributed by atoms with Gasteiger partial charge in [-0.1, -0.05) is 0 Å². The van der Waals surface area contributed by atoms with Crippen LogP contribution in [0.4, 0.5) is 0 Å². The highest BCUT2D eigenvalue weighted by Gasteiger charge is 2.25. The van der Waals surface area contributed by atoms with Gasteiger partial charge in [-0.05, 0) is 37.8 Å². The molecule has 3 heterocycles. The Kier molecular flexibility index (Phi) is 8.79. The summed E-state index contributed by atoms with van der Waals surface area (Å²) < 4.78 is 0. The van der Waals surface area contributed by atoms with E-state index in [1.54, 1.807) is 23.7 Å². The molecule has 1 amide bonds. The topological polar surface area (TPSA) is 72.1 Å². The molecular formula is C17H24Cl2N4OS. The van der Waals surface area contributed by atoms with Gasteiger partial charge >= 0.3 is 0 Å². The number of carbonyl (C=O) groups is 1. The standard InChI is InChI=1S/C17H22N4OS.2ClH/c1-12(18)13-4-7-21(8-5-13)16(22)9-15-11-23-17(20-15)14-3-2-6-19-10-14;;/h2-3,6,10-13H,4-5,7-9,18H2,1H3;2*1H. The number of nitrogens with two attached hydrogens (primary N) is 1. The molecule has 1 saturated heterocycles. The zero-order valence-electron chi connectivity index (χ0n) is 14.1. The summed E-state index contributed by atoms with van der Waals surface area (Å²) in [6, 6.07) is 4.09. The molecule has 0 aliphatic carbocycles. The van der Waals surface area contributed by atoms with Crippen LogP contribution in [0.15, 0.2) is 29.9 Å². The normalized spacial score (nSPS) is 15.8. The maximum Gasteiger partial charge on any atom is 0.228 e. The second-order valence-electron chi connectivity index (χ2n) is 6.14. The summed E-state index contributed by atoms with van der Waals surface area (Å²) in [6.45, 7) is 3.67. The second kappa shape index (κ2) is 10.1. The van der Waals surface area contributed by atoms with E-state index >= 15 is 0 Å². The van der Waals surface area contributed by atoms with Crippen molar-refractivity contribution in [2.45, 2.75) is 32.2 Å². The molecule has 25 heavy (non-hydrogen) atoms. The van der Waals surface area contributed by atoms with Gasteiger partial charge in [-0.15, -0.1) is 36.2 Å². The molecule has 2 aromatic heterocycles. The quantitative estimate of drug-likeness (QED) is 0.851. The summed E-state index contributed by atoms with van der Waals surface area (Å²) in [5, 5.41) is 2.88. The maximum absolute atomic E-state index is 12.4. The van der Waals surface area contributed by atoms with Crippen LogP contribution >= 0.6 is 36.2 Å². The number of nitrogens with zero attached hydrogens (tertiary/aromatic N) is 3. The fraction of sp³-hybridized carbons (Fsp3) is 0.471. The molecule has 0 saturated carbocycles. The minimum Gasteiger partial charge on any atom is -0.342 e. The number of carbonyl (C=O) groups excluding carboxylic acids is 1. The lowest BCUT2D eigenvalue weighted by molar-refractivity contribution is -0.132. The van der Waals surface area contributed by atoms with E-state index in [2.05, 4.69) is 16.9 Å². The Bertz CT molecular complexity index is 658. The number of aromatic nitrogens is 2. The number of likely N-dealkylation sites (tertiary alicyclic amines) is 1. The predicted molar refractivity (Wildman–Crippen MR) is 106 cm³/mol. The van der Waals surface area contributed by atoms with Gasteiger partial charge < -0.3 is 10.6 Å². The first kappa shape index (κ1) is 21.8. The van der Waals surface area contributed by atoms with Crippen LogP contribution in [0.3, 0.4) is 0 Å². The van der Waals surface area contributed by atoms with Crippen molar-refractivity contribution < 1.29 is 4.79 Å². The van der Waals surface area contributed by atoms with Crippen LogP contribution in [0.2, 0.25) is 0 Å². The third-order valence-electron chi connectivity index (χ3n) is 4.43. The van der Waals surface area contributed by atoms with E-state index in [0.29, 0.717) is 12.3 Å². The van der Waals surface area contributed by atoms with Crippen molar-refractivity contribution in [3.63, 3.8) is 0 Å². The minimum atomic E-state index is 0. The average Bonchev–Trinajstić information content (AvgIpc) is 3.04. The van der Waals surface area contributed by atoms with Crippen molar-refractivity contribution >= 4 is 42.1 Å². The molecule has 0 aromatic carbocycles. The summed E-state index contributed by atoms with van der Waals surface area (Å²) in [7, 11) is 0. The van der Waals surface area contributed by atoms with Gasteiger partial charge in [0.1, 0.15) is 5.01 Å². The van der Waals surface area contributed by atoms with E-state index < -0.39 is 0 Å². The Labute approximate surface area is 164 Å². The summed E-state index contributed by atoms with van der Waals surface area (Å²) >= 11 is 1.56. The lowest BCUT2D eigenvalue weighted by Gasteiger charge is -2.33. The van der Waals surface area contributed by atoms with Gasteiger partial charge in [0.2, 0.25) is 5.91 Å². The molecule has 1 fully saturated rings. The van der Waals surface area contributed by atoms with E-state index in [4.69, 9.17) is 5.73 Å². The van der Waals surface area contributed by atoms with Crippen LogP contribution in [0.5, 0.6) is 0 Å². The molecule has 138 valence electrons. The average molecular weight is 403 g/mol. The van der Waals surface area contributed by atoms with Gasteiger partial charge in [-0.3, -0.25) is 9.78 Å². The Hall–Kier alpha value is -1.21. The van der Waals surface area contributed by atoms with Gasteiger partial charge in [0.15, 0.2) is 0 Å². The summed E-state index contributed by atoms with van der Waals surface area (Å²) in [6.07, 6.45) is 5.92. The SMILES string of the molecule is CC(N)C1CCN(C(=O)Cc2csc(-c3cccnc3)n2)CC1.Cl.Cl. The Balaban J connectivity index is 0.00000156. The number of hydrogen-bond donors (Lipinski definition) is 1. The van der Waals surface area contributed by atoms with E-state index in [1.807, 2.05) is 22.4 Å². The highest BCUT2D eigenvalue weighted by atomic mass is 35.5. The number of rotatable bonds is 4.